The first-order valence-corrected chi connectivity index (χ1v) is 8.79. The fourth-order valence-electron chi connectivity index (χ4n) is 2.20. The number of fused-ring (bicyclic) bond motifs is 1. The van der Waals surface area contributed by atoms with Crippen molar-refractivity contribution in [2.45, 2.75) is 31.2 Å². The lowest BCUT2D eigenvalue weighted by molar-refractivity contribution is 0.903. The Morgan fingerprint density at radius 1 is 1.42 bits per heavy atom. The highest BCUT2D eigenvalue weighted by molar-refractivity contribution is 7.99. The van der Waals surface area contributed by atoms with Crippen molar-refractivity contribution in [1.82, 2.24) is 19.9 Å². The number of aromatic nitrogens is 4. The van der Waals surface area contributed by atoms with Crippen LogP contribution in [-0.2, 0) is 0 Å². The number of hydrogen-bond acceptors (Lipinski definition) is 8. The lowest BCUT2D eigenvalue weighted by Crippen LogP contribution is -2.12. The third-order valence-corrected chi connectivity index (χ3v) is 5.73. The fourth-order valence-corrected chi connectivity index (χ4v) is 4.04. The number of anilines is 1. The molecule has 3 rings (SSSR count). The standard InChI is InChI=1S/C15H14N6OS2/c1-6-7(2)23-14-10(6)13(22)20-12(21-14)8(3)24-15-18-5-9(4-16)11(17)19-15/h5,8H,1-3H3,(H2,17,18,19)(H,20,21,22)/t8-/m0/s1. The number of nitrogens with two attached hydrogens (primary N) is 1. The van der Waals surface area contributed by atoms with Crippen LogP contribution in [-0.4, -0.2) is 19.9 Å². The number of H-pyrrole nitrogens is 1. The highest BCUT2D eigenvalue weighted by Gasteiger charge is 2.17. The maximum absolute atomic E-state index is 12.3. The number of thioether (sulfide) groups is 1. The molecule has 24 heavy (non-hydrogen) atoms. The summed E-state index contributed by atoms with van der Waals surface area (Å²) >= 11 is 2.83. The van der Waals surface area contributed by atoms with Crippen LogP contribution in [0.25, 0.3) is 10.2 Å². The molecule has 0 aliphatic rings. The zero-order chi connectivity index (χ0) is 17.4. The van der Waals surface area contributed by atoms with E-state index in [2.05, 4.69) is 19.9 Å². The minimum absolute atomic E-state index is 0.135. The Hall–Kier alpha value is -2.44. The summed E-state index contributed by atoms with van der Waals surface area (Å²) in [4.78, 5) is 29.8. The molecule has 0 aliphatic carbocycles. The normalized spacial score (nSPS) is 12.2. The summed E-state index contributed by atoms with van der Waals surface area (Å²) in [6, 6.07) is 1.92. The van der Waals surface area contributed by atoms with Gasteiger partial charge in [-0.05, 0) is 26.3 Å². The largest absolute Gasteiger partial charge is 0.382 e. The lowest BCUT2D eigenvalue weighted by atomic mass is 10.2. The first kappa shape index (κ1) is 16.4. The quantitative estimate of drug-likeness (QED) is 0.545. The molecule has 9 heteroatoms. The van der Waals surface area contributed by atoms with Gasteiger partial charge in [-0.3, -0.25) is 4.79 Å². The molecule has 3 aromatic rings. The van der Waals surface area contributed by atoms with Gasteiger partial charge in [-0.2, -0.15) is 5.26 Å². The minimum Gasteiger partial charge on any atom is -0.382 e. The number of nitrogens with zero attached hydrogens (tertiary/aromatic N) is 4. The second kappa shape index (κ2) is 6.22. The highest BCUT2D eigenvalue weighted by atomic mass is 32.2. The number of rotatable bonds is 3. The second-order valence-electron chi connectivity index (χ2n) is 5.24. The van der Waals surface area contributed by atoms with E-state index in [0.29, 0.717) is 16.4 Å². The maximum Gasteiger partial charge on any atom is 0.259 e. The van der Waals surface area contributed by atoms with Crippen LogP contribution >= 0.6 is 23.1 Å². The molecule has 0 unspecified atom stereocenters. The van der Waals surface area contributed by atoms with Crippen LogP contribution in [0.3, 0.4) is 0 Å². The molecule has 0 spiro atoms. The first-order chi connectivity index (χ1) is 11.4. The van der Waals surface area contributed by atoms with Crippen molar-refractivity contribution in [3.05, 3.63) is 38.4 Å². The predicted molar refractivity (Wildman–Crippen MR) is 95.1 cm³/mol. The van der Waals surface area contributed by atoms with Crippen molar-refractivity contribution in [2.75, 3.05) is 5.73 Å². The van der Waals surface area contributed by atoms with Crippen LogP contribution in [0, 0.1) is 25.2 Å². The summed E-state index contributed by atoms with van der Waals surface area (Å²) in [5, 5.41) is 9.77. The number of aryl methyl sites for hydroxylation is 2. The van der Waals surface area contributed by atoms with Gasteiger partial charge < -0.3 is 10.7 Å². The zero-order valence-corrected chi connectivity index (χ0v) is 14.9. The van der Waals surface area contributed by atoms with E-state index >= 15 is 0 Å². The van der Waals surface area contributed by atoms with Crippen molar-refractivity contribution < 1.29 is 0 Å². The molecule has 1 atom stereocenters. The van der Waals surface area contributed by atoms with E-state index in [9.17, 15) is 4.79 Å². The fraction of sp³-hybridized carbons (Fsp3) is 0.267. The van der Waals surface area contributed by atoms with Crippen LogP contribution < -0.4 is 11.3 Å². The molecule has 0 radical (unpaired) electrons. The van der Waals surface area contributed by atoms with Gasteiger partial charge in [0.15, 0.2) is 5.16 Å². The van der Waals surface area contributed by atoms with Gasteiger partial charge in [0.05, 0.1) is 16.8 Å². The number of nitriles is 1. The summed E-state index contributed by atoms with van der Waals surface area (Å²) < 4.78 is 0. The first-order valence-electron chi connectivity index (χ1n) is 7.10. The van der Waals surface area contributed by atoms with E-state index in [-0.39, 0.29) is 22.2 Å². The van der Waals surface area contributed by atoms with Gasteiger partial charge in [0.25, 0.3) is 5.56 Å². The number of aromatic amines is 1. The molecule has 3 N–H and O–H groups in total. The molecule has 122 valence electrons. The molecule has 7 nitrogen and oxygen atoms in total. The third-order valence-electron chi connectivity index (χ3n) is 3.64. The number of nitrogen functional groups attached to an aromatic ring is 1. The molecule has 0 saturated carbocycles. The van der Waals surface area contributed by atoms with Crippen molar-refractivity contribution in [3.8, 4) is 6.07 Å². The average Bonchev–Trinajstić information content (AvgIpc) is 2.82. The van der Waals surface area contributed by atoms with Gasteiger partial charge in [0.1, 0.15) is 28.1 Å². The summed E-state index contributed by atoms with van der Waals surface area (Å²) in [6.07, 6.45) is 1.39. The second-order valence-corrected chi connectivity index (χ2v) is 7.75. The molecule has 0 fully saturated rings. The molecule has 0 aliphatic heterocycles. The van der Waals surface area contributed by atoms with E-state index in [0.717, 1.165) is 15.3 Å². The summed E-state index contributed by atoms with van der Waals surface area (Å²) in [6.45, 7) is 5.81. The van der Waals surface area contributed by atoms with Crippen LogP contribution in [0.15, 0.2) is 16.1 Å². The number of nitrogens with one attached hydrogen (secondary N) is 1. The Morgan fingerprint density at radius 2 is 2.17 bits per heavy atom. The Morgan fingerprint density at radius 3 is 2.83 bits per heavy atom. The van der Waals surface area contributed by atoms with Gasteiger partial charge in [-0.1, -0.05) is 11.8 Å². The van der Waals surface area contributed by atoms with E-state index in [1.165, 1.54) is 29.3 Å². The van der Waals surface area contributed by atoms with E-state index < -0.39 is 0 Å². The number of hydrogen-bond donors (Lipinski definition) is 2. The SMILES string of the molecule is Cc1sc2nc([C@H](C)Sc3ncc(C#N)c(N)n3)[nH]c(=O)c2c1C. The molecule has 0 saturated heterocycles. The summed E-state index contributed by atoms with van der Waals surface area (Å²) in [7, 11) is 0. The van der Waals surface area contributed by atoms with Crippen LogP contribution in [0.1, 0.15) is 34.0 Å². The Labute approximate surface area is 146 Å². The molecule has 0 bridgehead atoms. The van der Waals surface area contributed by atoms with E-state index in [4.69, 9.17) is 11.0 Å². The molecular formula is C15H14N6OS2. The number of thiophene rings is 1. The average molecular weight is 358 g/mol. The molecule has 3 heterocycles. The lowest BCUT2D eigenvalue weighted by Gasteiger charge is -2.09. The Balaban J connectivity index is 1.94. The molecule has 0 amide bonds. The smallest absolute Gasteiger partial charge is 0.259 e. The van der Waals surface area contributed by atoms with Gasteiger partial charge in [0, 0.05) is 4.88 Å². The van der Waals surface area contributed by atoms with Crippen LogP contribution in [0.2, 0.25) is 0 Å². The summed E-state index contributed by atoms with van der Waals surface area (Å²) in [5.41, 5.74) is 6.78. The van der Waals surface area contributed by atoms with Gasteiger partial charge >= 0.3 is 0 Å². The third kappa shape index (κ3) is 2.86. The van der Waals surface area contributed by atoms with Crippen LogP contribution in [0.4, 0.5) is 5.82 Å². The van der Waals surface area contributed by atoms with Crippen molar-refractivity contribution in [2.24, 2.45) is 0 Å². The van der Waals surface area contributed by atoms with Gasteiger partial charge in [-0.15, -0.1) is 11.3 Å². The monoisotopic (exact) mass is 358 g/mol. The van der Waals surface area contributed by atoms with Crippen LogP contribution in [0.5, 0.6) is 0 Å². The molecule has 3 aromatic heterocycles. The summed E-state index contributed by atoms with van der Waals surface area (Å²) in [5.74, 6) is 0.703. The minimum atomic E-state index is -0.169. The Kier molecular flexibility index (Phi) is 4.26. The topological polar surface area (TPSA) is 121 Å². The van der Waals surface area contributed by atoms with Crippen molar-refractivity contribution >= 4 is 39.1 Å². The predicted octanol–water partition coefficient (Wildman–Crippen LogP) is 2.70. The van der Waals surface area contributed by atoms with Gasteiger partial charge in [0.2, 0.25) is 0 Å². The van der Waals surface area contributed by atoms with E-state index in [1.54, 1.807) is 0 Å². The molecular weight excluding hydrogens is 344 g/mol. The molecule has 0 aromatic carbocycles. The maximum atomic E-state index is 12.3. The Bertz CT molecular complexity index is 1030. The van der Waals surface area contributed by atoms with Gasteiger partial charge in [-0.25, -0.2) is 15.0 Å². The van der Waals surface area contributed by atoms with E-state index in [1.807, 2.05) is 26.8 Å². The van der Waals surface area contributed by atoms with Crippen molar-refractivity contribution in [1.29, 1.82) is 5.26 Å². The highest BCUT2D eigenvalue weighted by Crippen LogP contribution is 2.33. The van der Waals surface area contributed by atoms with Crippen molar-refractivity contribution in [3.63, 3.8) is 0 Å². The zero-order valence-electron chi connectivity index (χ0n) is 13.2.